The van der Waals surface area contributed by atoms with Crippen LogP contribution in [0.5, 0.6) is 0 Å². The van der Waals surface area contributed by atoms with Crippen LogP contribution in [0.25, 0.3) is 0 Å². The van der Waals surface area contributed by atoms with Gasteiger partial charge in [-0.3, -0.25) is 4.79 Å². The summed E-state index contributed by atoms with van der Waals surface area (Å²) < 4.78 is 1.61. The van der Waals surface area contributed by atoms with Crippen LogP contribution in [0.15, 0.2) is 36.9 Å². The van der Waals surface area contributed by atoms with Gasteiger partial charge in [-0.15, -0.1) is 22.0 Å². The lowest BCUT2D eigenvalue weighted by atomic mass is 10.2. The quantitative estimate of drug-likeness (QED) is 0.842. The van der Waals surface area contributed by atoms with Crippen molar-refractivity contribution in [3.05, 3.63) is 47.5 Å². The van der Waals surface area contributed by atoms with Gasteiger partial charge in [0, 0.05) is 5.02 Å². The molecule has 1 unspecified atom stereocenters. The maximum Gasteiger partial charge on any atom is 0.252 e. The van der Waals surface area contributed by atoms with Gasteiger partial charge in [0.05, 0.1) is 5.75 Å². The zero-order valence-electron chi connectivity index (χ0n) is 9.23. The second-order valence-corrected chi connectivity index (χ2v) is 5.30. The predicted octanol–water partition coefficient (Wildman–Crippen LogP) is 1.84. The van der Waals surface area contributed by atoms with Gasteiger partial charge in [0.2, 0.25) is 0 Å². The second kappa shape index (κ2) is 4.62. The van der Waals surface area contributed by atoms with Gasteiger partial charge < -0.3 is 0 Å². The van der Waals surface area contributed by atoms with E-state index in [9.17, 15) is 4.79 Å². The number of amides is 1. The first kappa shape index (κ1) is 11.6. The topological polar surface area (TPSA) is 51.0 Å². The molecule has 3 rings (SSSR count). The van der Waals surface area contributed by atoms with Crippen LogP contribution in [-0.4, -0.2) is 26.5 Å². The lowest BCUT2D eigenvalue weighted by molar-refractivity contribution is -0.117. The number of carbonyl (C=O) groups is 1. The molecule has 0 radical (unpaired) electrons. The first-order valence-corrected chi connectivity index (χ1v) is 6.72. The Balaban J connectivity index is 1.96. The number of thioether (sulfide) groups is 1. The van der Waals surface area contributed by atoms with Crippen molar-refractivity contribution in [1.29, 1.82) is 0 Å². The molecule has 5 nitrogen and oxygen atoms in total. The van der Waals surface area contributed by atoms with E-state index >= 15 is 0 Å². The van der Waals surface area contributed by atoms with Gasteiger partial charge in [0.1, 0.15) is 18.0 Å². The summed E-state index contributed by atoms with van der Waals surface area (Å²) in [6.45, 7) is 0. The summed E-state index contributed by atoms with van der Waals surface area (Å²) in [6.07, 6.45) is 3.04. The molecule has 1 aromatic carbocycles. The highest BCUT2D eigenvalue weighted by atomic mass is 35.5. The van der Waals surface area contributed by atoms with Gasteiger partial charge >= 0.3 is 0 Å². The number of halogens is 1. The minimum atomic E-state index is -0.0641. The maximum absolute atomic E-state index is 11.9. The third kappa shape index (κ3) is 1.97. The highest BCUT2D eigenvalue weighted by Crippen LogP contribution is 2.37. The van der Waals surface area contributed by atoms with Crippen molar-refractivity contribution in [2.45, 2.75) is 5.37 Å². The minimum absolute atomic E-state index is 0.0414. The standard InChI is InChI=1S/C11H9ClN4OS/c12-9-3-1-8(2-4-9)11-16(10(17)5-18-11)15-6-13-14-7-15/h1-4,6-7,11H,5H2. The Morgan fingerprint density at radius 2 is 1.89 bits per heavy atom. The summed E-state index contributed by atoms with van der Waals surface area (Å²) in [5, 5.41) is 9.73. The van der Waals surface area contributed by atoms with Gasteiger partial charge in [-0.1, -0.05) is 23.7 Å². The second-order valence-electron chi connectivity index (χ2n) is 3.80. The van der Waals surface area contributed by atoms with Crippen LogP contribution in [0.2, 0.25) is 5.02 Å². The molecule has 92 valence electrons. The van der Waals surface area contributed by atoms with Crippen molar-refractivity contribution in [2.75, 3.05) is 10.8 Å². The van der Waals surface area contributed by atoms with Crippen molar-refractivity contribution in [2.24, 2.45) is 0 Å². The van der Waals surface area contributed by atoms with Crippen molar-refractivity contribution >= 4 is 29.3 Å². The van der Waals surface area contributed by atoms with E-state index in [0.717, 1.165) is 5.56 Å². The molecule has 0 spiro atoms. The highest BCUT2D eigenvalue weighted by Gasteiger charge is 2.34. The first-order valence-electron chi connectivity index (χ1n) is 5.30. The van der Waals surface area contributed by atoms with E-state index in [1.54, 1.807) is 21.4 Å². The Bertz CT molecular complexity index is 557. The fraction of sp³-hybridized carbons (Fsp3) is 0.182. The molecule has 7 heteroatoms. The van der Waals surface area contributed by atoms with Crippen molar-refractivity contribution in [3.8, 4) is 0 Å². The molecule has 1 fully saturated rings. The van der Waals surface area contributed by atoms with Crippen LogP contribution in [-0.2, 0) is 4.79 Å². The number of hydrogen-bond acceptors (Lipinski definition) is 4. The highest BCUT2D eigenvalue weighted by molar-refractivity contribution is 8.00. The molecule has 1 aromatic heterocycles. The summed E-state index contributed by atoms with van der Waals surface area (Å²) in [6, 6.07) is 7.50. The molecule has 1 saturated heterocycles. The van der Waals surface area contributed by atoms with Crippen LogP contribution < -0.4 is 5.01 Å². The van der Waals surface area contributed by atoms with Gasteiger partial charge in [0.25, 0.3) is 5.91 Å². The summed E-state index contributed by atoms with van der Waals surface area (Å²) in [4.78, 5) is 11.9. The number of aromatic nitrogens is 3. The fourth-order valence-electron chi connectivity index (χ4n) is 1.84. The predicted molar refractivity (Wildman–Crippen MR) is 69.9 cm³/mol. The Hall–Kier alpha value is -1.53. The Kier molecular flexibility index (Phi) is 2.97. The van der Waals surface area contributed by atoms with Crippen molar-refractivity contribution in [1.82, 2.24) is 14.9 Å². The number of carbonyl (C=O) groups excluding carboxylic acids is 1. The third-order valence-corrected chi connectivity index (χ3v) is 4.11. The Morgan fingerprint density at radius 1 is 1.22 bits per heavy atom. The van der Waals surface area contributed by atoms with E-state index in [4.69, 9.17) is 11.6 Å². The average molecular weight is 281 g/mol. The van der Waals surface area contributed by atoms with E-state index < -0.39 is 0 Å². The number of hydrogen-bond donors (Lipinski definition) is 0. The monoisotopic (exact) mass is 280 g/mol. The number of rotatable bonds is 2. The molecule has 2 heterocycles. The molecule has 1 aliphatic rings. The first-order chi connectivity index (χ1) is 8.75. The normalized spacial score (nSPS) is 19.5. The summed E-state index contributed by atoms with van der Waals surface area (Å²) >= 11 is 7.44. The van der Waals surface area contributed by atoms with E-state index in [1.807, 2.05) is 24.3 Å². The van der Waals surface area contributed by atoms with Gasteiger partial charge in [-0.25, -0.2) is 9.69 Å². The molecule has 1 aliphatic heterocycles. The lowest BCUT2D eigenvalue weighted by Crippen LogP contribution is -2.37. The number of nitrogens with zero attached hydrogens (tertiary/aromatic N) is 4. The summed E-state index contributed by atoms with van der Waals surface area (Å²) in [5.41, 5.74) is 1.03. The van der Waals surface area contributed by atoms with E-state index in [1.165, 1.54) is 12.7 Å². The maximum atomic E-state index is 11.9. The van der Waals surface area contributed by atoms with Gasteiger partial charge in [-0.2, -0.15) is 0 Å². The molecule has 2 aromatic rings. The Morgan fingerprint density at radius 3 is 2.56 bits per heavy atom. The largest absolute Gasteiger partial charge is 0.272 e. The van der Waals surface area contributed by atoms with E-state index in [-0.39, 0.29) is 11.3 Å². The average Bonchev–Trinajstić information content (AvgIpc) is 2.99. The lowest BCUT2D eigenvalue weighted by Gasteiger charge is -2.23. The van der Waals surface area contributed by atoms with Crippen molar-refractivity contribution < 1.29 is 4.79 Å². The van der Waals surface area contributed by atoms with Gasteiger partial charge in [0.15, 0.2) is 0 Å². The molecule has 0 N–H and O–H groups in total. The fourth-order valence-corrected chi connectivity index (χ4v) is 3.11. The van der Waals surface area contributed by atoms with Gasteiger partial charge in [-0.05, 0) is 17.7 Å². The van der Waals surface area contributed by atoms with Crippen LogP contribution in [0.4, 0.5) is 0 Å². The summed E-state index contributed by atoms with van der Waals surface area (Å²) in [7, 11) is 0. The molecular weight excluding hydrogens is 272 g/mol. The molecule has 0 saturated carbocycles. The SMILES string of the molecule is O=C1CSC(c2ccc(Cl)cc2)N1n1cnnc1. The number of benzene rings is 1. The zero-order chi connectivity index (χ0) is 12.5. The molecule has 0 bridgehead atoms. The minimum Gasteiger partial charge on any atom is -0.272 e. The molecule has 1 amide bonds. The van der Waals surface area contributed by atoms with Crippen LogP contribution >= 0.6 is 23.4 Å². The molecule has 1 atom stereocenters. The van der Waals surface area contributed by atoms with Crippen molar-refractivity contribution in [3.63, 3.8) is 0 Å². The molecule has 18 heavy (non-hydrogen) atoms. The third-order valence-electron chi connectivity index (χ3n) is 2.65. The molecule has 0 aliphatic carbocycles. The van der Waals surface area contributed by atoms with E-state index in [0.29, 0.717) is 10.8 Å². The van der Waals surface area contributed by atoms with E-state index in [2.05, 4.69) is 10.2 Å². The Labute approximate surface area is 113 Å². The zero-order valence-corrected chi connectivity index (χ0v) is 10.8. The van der Waals surface area contributed by atoms with Crippen LogP contribution in [0.1, 0.15) is 10.9 Å². The smallest absolute Gasteiger partial charge is 0.252 e. The van der Waals surface area contributed by atoms with Crippen LogP contribution in [0, 0.1) is 0 Å². The van der Waals surface area contributed by atoms with Crippen LogP contribution in [0.3, 0.4) is 0 Å². The molecular formula is C11H9ClN4OS. The summed E-state index contributed by atoms with van der Waals surface area (Å²) in [5.74, 6) is 0.491.